The number of allylic oxidation sites excluding steroid dienone is 1. The van der Waals surface area contributed by atoms with Crippen LogP contribution in [0.25, 0.3) is 16.5 Å². The first-order valence-corrected chi connectivity index (χ1v) is 7.99. The quantitative estimate of drug-likeness (QED) is 0.809. The number of hydrogen-bond donors (Lipinski definition) is 0. The second-order valence-electron chi connectivity index (χ2n) is 6.12. The smallest absolute Gasteiger partial charge is 0.231 e. The minimum atomic E-state index is -0.384. The number of rotatable bonds is 1. The zero-order valence-corrected chi connectivity index (χ0v) is 12.7. The molecule has 1 fully saturated rings. The lowest BCUT2D eigenvalue weighted by molar-refractivity contribution is -0.159. The predicted molar refractivity (Wildman–Crippen MR) is 84.3 cm³/mol. The van der Waals surface area contributed by atoms with Crippen LogP contribution >= 0.6 is 0 Å². The third-order valence-corrected chi connectivity index (χ3v) is 4.83. The van der Waals surface area contributed by atoms with Gasteiger partial charge in [0.1, 0.15) is 0 Å². The average molecular weight is 311 g/mol. The molecule has 1 aromatic heterocycles. The van der Waals surface area contributed by atoms with Crippen LogP contribution in [-0.4, -0.2) is 30.8 Å². The summed E-state index contributed by atoms with van der Waals surface area (Å²) in [7, 11) is 0. The van der Waals surface area contributed by atoms with E-state index in [0.29, 0.717) is 13.2 Å². The SMILES string of the molecule is C1=C(c2ccnc3cc4c(cc23)OCO4)CCC2(C1)OCCO2. The molecular formula is C18H17NO4. The molecule has 0 saturated carbocycles. The summed E-state index contributed by atoms with van der Waals surface area (Å²) < 4.78 is 22.6. The van der Waals surface area contributed by atoms with Crippen molar-refractivity contribution in [1.29, 1.82) is 0 Å². The van der Waals surface area contributed by atoms with Crippen LogP contribution in [0.4, 0.5) is 0 Å². The molecule has 0 atom stereocenters. The van der Waals surface area contributed by atoms with E-state index in [-0.39, 0.29) is 12.6 Å². The zero-order valence-electron chi connectivity index (χ0n) is 12.7. The maximum atomic E-state index is 5.80. The van der Waals surface area contributed by atoms with Crippen molar-refractivity contribution in [2.24, 2.45) is 0 Å². The monoisotopic (exact) mass is 311 g/mol. The number of benzene rings is 1. The van der Waals surface area contributed by atoms with Crippen molar-refractivity contribution >= 4 is 16.5 Å². The molecule has 0 unspecified atom stereocenters. The fraction of sp³-hybridized carbons (Fsp3) is 0.389. The van der Waals surface area contributed by atoms with Gasteiger partial charge in [0.25, 0.3) is 0 Å². The lowest BCUT2D eigenvalue weighted by atomic mass is 9.88. The highest BCUT2D eigenvalue weighted by Gasteiger charge is 2.37. The summed E-state index contributed by atoms with van der Waals surface area (Å²) in [6.45, 7) is 1.68. The van der Waals surface area contributed by atoms with Gasteiger partial charge in [0, 0.05) is 30.5 Å². The van der Waals surface area contributed by atoms with Crippen LogP contribution in [0.1, 0.15) is 24.8 Å². The van der Waals surface area contributed by atoms with Gasteiger partial charge >= 0.3 is 0 Å². The second kappa shape index (κ2) is 4.94. The standard InChI is InChI=1S/C18H17NO4/c1-4-18(22-7-8-23-18)5-2-12(1)13-3-6-19-15-10-17-16(9-14(13)15)20-11-21-17/h1,3,6,9-10H,2,4-5,7-8,11H2. The molecule has 3 aliphatic rings. The molecule has 2 aliphatic heterocycles. The molecule has 1 aliphatic carbocycles. The third-order valence-electron chi connectivity index (χ3n) is 4.83. The summed E-state index contributed by atoms with van der Waals surface area (Å²) in [6.07, 6.45) is 6.74. The van der Waals surface area contributed by atoms with Crippen molar-refractivity contribution in [3.8, 4) is 11.5 Å². The molecule has 0 radical (unpaired) electrons. The van der Waals surface area contributed by atoms with Gasteiger partial charge in [-0.3, -0.25) is 4.98 Å². The molecular weight excluding hydrogens is 294 g/mol. The van der Waals surface area contributed by atoms with Gasteiger partial charge in [-0.15, -0.1) is 0 Å². The number of fused-ring (bicyclic) bond motifs is 2. The Morgan fingerprint density at radius 1 is 1.04 bits per heavy atom. The highest BCUT2D eigenvalue weighted by atomic mass is 16.7. The Bertz CT molecular complexity index is 808. The Hall–Kier alpha value is -2.11. The van der Waals surface area contributed by atoms with Crippen LogP contribution in [0.15, 0.2) is 30.5 Å². The maximum absolute atomic E-state index is 5.80. The molecule has 1 aromatic carbocycles. The number of hydrogen-bond acceptors (Lipinski definition) is 5. The topological polar surface area (TPSA) is 49.8 Å². The van der Waals surface area contributed by atoms with Gasteiger partial charge in [0.15, 0.2) is 17.3 Å². The Morgan fingerprint density at radius 3 is 2.65 bits per heavy atom. The van der Waals surface area contributed by atoms with Gasteiger partial charge in [-0.2, -0.15) is 0 Å². The number of nitrogens with zero attached hydrogens (tertiary/aromatic N) is 1. The summed E-state index contributed by atoms with van der Waals surface area (Å²) in [4.78, 5) is 4.47. The lowest BCUT2D eigenvalue weighted by Gasteiger charge is -2.31. The van der Waals surface area contributed by atoms with Crippen LogP contribution in [0.2, 0.25) is 0 Å². The first kappa shape index (κ1) is 13.3. The Balaban J connectivity index is 1.57. The van der Waals surface area contributed by atoms with E-state index >= 15 is 0 Å². The number of pyridine rings is 1. The van der Waals surface area contributed by atoms with Crippen LogP contribution in [0.5, 0.6) is 11.5 Å². The van der Waals surface area contributed by atoms with Gasteiger partial charge in [-0.05, 0) is 29.7 Å². The second-order valence-corrected chi connectivity index (χ2v) is 6.12. The molecule has 2 aromatic rings. The summed E-state index contributed by atoms with van der Waals surface area (Å²) in [6, 6.07) is 6.06. The Kier molecular flexibility index (Phi) is 2.87. The van der Waals surface area contributed by atoms with E-state index in [0.717, 1.165) is 41.7 Å². The molecule has 5 rings (SSSR count). The first-order chi connectivity index (χ1) is 11.3. The summed E-state index contributed by atoms with van der Waals surface area (Å²) >= 11 is 0. The largest absolute Gasteiger partial charge is 0.454 e. The summed E-state index contributed by atoms with van der Waals surface area (Å²) in [5.41, 5.74) is 3.46. The van der Waals surface area contributed by atoms with Crippen LogP contribution < -0.4 is 9.47 Å². The molecule has 1 spiro atoms. The van der Waals surface area contributed by atoms with Crippen LogP contribution in [0, 0.1) is 0 Å². The number of ether oxygens (including phenoxy) is 4. The van der Waals surface area contributed by atoms with Crippen molar-refractivity contribution in [3.63, 3.8) is 0 Å². The molecule has 5 nitrogen and oxygen atoms in total. The first-order valence-electron chi connectivity index (χ1n) is 7.99. The molecule has 0 bridgehead atoms. The minimum Gasteiger partial charge on any atom is -0.454 e. The van der Waals surface area contributed by atoms with Gasteiger partial charge in [-0.25, -0.2) is 0 Å². The van der Waals surface area contributed by atoms with E-state index in [4.69, 9.17) is 18.9 Å². The van der Waals surface area contributed by atoms with E-state index < -0.39 is 0 Å². The fourth-order valence-corrected chi connectivity index (χ4v) is 3.63. The van der Waals surface area contributed by atoms with Gasteiger partial charge in [-0.1, -0.05) is 6.08 Å². The molecule has 0 N–H and O–H groups in total. The van der Waals surface area contributed by atoms with Crippen molar-refractivity contribution in [2.45, 2.75) is 25.0 Å². The summed E-state index contributed by atoms with van der Waals surface area (Å²) in [5.74, 6) is 1.18. The maximum Gasteiger partial charge on any atom is 0.231 e. The Morgan fingerprint density at radius 2 is 1.87 bits per heavy atom. The lowest BCUT2D eigenvalue weighted by Crippen LogP contribution is -2.31. The molecule has 118 valence electrons. The van der Waals surface area contributed by atoms with Crippen molar-refractivity contribution in [1.82, 2.24) is 4.98 Å². The van der Waals surface area contributed by atoms with Gasteiger partial charge in [0.05, 0.1) is 18.7 Å². The van der Waals surface area contributed by atoms with Crippen LogP contribution in [0.3, 0.4) is 0 Å². The zero-order chi connectivity index (χ0) is 15.3. The van der Waals surface area contributed by atoms with Gasteiger partial charge < -0.3 is 18.9 Å². The van der Waals surface area contributed by atoms with Crippen LogP contribution in [-0.2, 0) is 9.47 Å². The van der Waals surface area contributed by atoms with Crippen molar-refractivity contribution in [2.75, 3.05) is 20.0 Å². The van der Waals surface area contributed by atoms with Crippen molar-refractivity contribution in [3.05, 3.63) is 36.0 Å². The molecule has 1 saturated heterocycles. The van der Waals surface area contributed by atoms with Gasteiger partial charge in [0.2, 0.25) is 6.79 Å². The fourth-order valence-electron chi connectivity index (χ4n) is 3.63. The predicted octanol–water partition coefficient (Wildman–Crippen LogP) is 3.27. The van der Waals surface area contributed by atoms with E-state index in [1.807, 2.05) is 18.3 Å². The molecule has 0 amide bonds. The molecule has 23 heavy (non-hydrogen) atoms. The normalized spacial score (nSPS) is 21.8. The number of aromatic nitrogens is 1. The average Bonchev–Trinajstić information content (AvgIpc) is 3.22. The minimum absolute atomic E-state index is 0.279. The summed E-state index contributed by atoms with van der Waals surface area (Å²) in [5, 5.41) is 1.10. The molecule has 5 heteroatoms. The highest BCUT2D eigenvalue weighted by molar-refractivity contribution is 5.93. The third kappa shape index (κ3) is 2.11. The molecule has 3 heterocycles. The highest BCUT2D eigenvalue weighted by Crippen LogP contribution is 2.42. The van der Waals surface area contributed by atoms with E-state index in [9.17, 15) is 0 Å². The van der Waals surface area contributed by atoms with E-state index in [2.05, 4.69) is 17.1 Å². The van der Waals surface area contributed by atoms with E-state index in [1.165, 1.54) is 11.1 Å². The van der Waals surface area contributed by atoms with E-state index in [1.54, 1.807) is 0 Å². The Labute approximate surface area is 133 Å². The van der Waals surface area contributed by atoms with Crippen molar-refractivity contribution < 1.29 is 18.9 Å².